The number of aromatic amines is 1. The van der Waals surface area contributed by atoms with Crippen LogP contribution in [0.25, 0.3) is 10.7 Å². The molecule has 6 heteroatoms. The largest absolute Gasteiger partial charge is 0.337 e. The second-order valence-electron chi connectivity index (χ2n) is 4.34. The molecule has 1 fully saturated rings. The molecule has 0 saturated carbocycles. The fraction of sp³-hybridized carbons (Fsp3) is 0.500. The topological polar surface area (TPSA) is 56.8 Å². The number of aryl methyl sites for hydroxylation is 1. The molecule has 2 aromatic rings. The van der Waals surface area contributed by atoms with E-state index >= 15 is 0 Å². The van der Waals surface area contributed by atoms with Crippen LogP contribution in [-0.4, -0.2) is 41.4 Å². The number of nitrogens with one attached hydrogen (secondary N) is 2. The molecule has 0 aliphatic carbocycles. The fourth-order valence-corrected chi connectivity index (χ4v) is 2.95. The van der Waals surface area contributed by atoms with Crippen LogP contribution in [0.15, 0.2) is 12.1 Å². The van der Waals surface area contributed by atoms with Crippen LogP contribution in [0.1, 0.15) is 11.8 Å². The summed E-state index contributed by atoms with van der Waals surface area (Å²) >= 11 is 1.78. The average molecular weight is 263 g/mol. The number of thiophene rings is 1. The molecular weight excluding hydrogens is 246 g/mol. The van der Waals surface area contributed by atoms with E-state index < -0.39 is 0 Å². The fourth-order valence-electron chi connectivity index (χ4n) is 2.06. The molecule has 2 aromatic heterocycles. The molecule has 2 N–H and O–H groups in total. The summed E-state index contributed by atoms with van der Waals surface area (Å²) in [4.78, 5) is 9.35. The average Bonchev–Trinajstić information content (AvgIpc) is 3.08. The number of anilines is 1. The van der Waals surface area contributed by atoms with Crippen LogP contribution < -0.4 is 10.2 Å². The molecule has 1 saturated heterocycles. The third-order valence-electron chi connectivity index (χ3n) is 3.12. The van der Waals surface area contributed by atoms with Crippen molar-refractivity contribution in [1.29, 1.82) is 0 Å². The highest BCUT2D eigenvalue weighted by Crippen LogP contribution is 2.26. The molecule has 5 nitrogen and oxygen atoms in total. The first-order chi connectivity index (χ1) is 8.86. The van der Waals surface area contributed by atoms with Gasteiger partial charge in [0.2, 0.25) is 5.95 Å². The van der Waals surface area contributed by atoms with Crippen LogP contribution in [0.2, 0.25) is 0 Å². The van der Waals surface area contributed by atoms with Crippen molar-refractivity contribution in [3.8, 4) is 10.7 Å². The summed E-state index contributed by atoms with van der Waals surface area (Å²) in [6.45, 7) is 6.12. The molecule has 3 heterocycles. The molecule has 96 valence electrons. The van der Waals surface area contributed by atoms with Crippen molar-refractivity contribution in [2.24, 2.45) is 0 Å². The highest BCUT2D eigenvalue weighted by atomic mass is 32.1. The molecule has 0 spiro atoms. The normalized spacial score (nSPS) is 16.2. The predicted octanol–water partition coefficient (Wildman–Crippen LogP) is 1.51. The van der Waals surface area contributed by atoms with Gasteiger partial charge in [0, 0.05) is 31.1 Å². The lowest BCUT2D eigenvalue weighted by Gasteiger charge is -2.25. The van der Waals surface area contributed by atoms with Gasteiger partial charge in [-0.3, -0.25) is 5.10 Å². The van der Waals surface area contributed by atoms with Crippen LogP contribution in [-0.2, 0) is 6.42 Å². The van der Waals surface area contributed by atoms with E-state index in [0.29, 0.717) is 0 Å². The van der Waals surface area contributed by atoms with E-state index in [1.807, 2.05) is 0 Å². The highest BCUT2D eigenvalue weighted by molar-refractivity contribution is 7.15. The van der Waals surface area contributed by atoms with E-state index in [1.165, 1.54) is 9.75 Å². The Kier molecular flexibility index (Phi) is 3.29. The van der Waals surface area contributed by atoms with Crippen LogP contribution in [0.5, 0.6) is 0 Å². The second kappa shape index (κ2) is 5.07. The Morgan fingerprint density at radius 1 is 1.33 bits per heavy atom. The van der Waals surface area contributed by atoms with Crippen molar-refractivity contribution in [3.05, 3.63) is 17.0 Å². The first-order valence-electron chi connectivity index (χ1n) is 6.34. The zero-order valence-electron chi connectivity index (χ0n) is 10.4. The maximum Gasteiger partial charge on any atom is 0.245 e. The van der Waals surface area contributed by atoms with Crippen molar-refractivity contribution < 1.29 is 0 Å². The summed E-state index contributed by atoms with van der Waals surface area (Å²) < 4.78 is 0. The quantitative estimate of drug-likeness (QED) is 0.881. The second-order valence-corrected chi connectivity index (χ2v) is 5.51. The van der Waals surface area contributed by atoms with E-state index in [4.69, 9.17) is 0 Å². The molecule has 18 heavy (non-hydrogen) atoms. The van der Waals surface area contributed by atoms with Gasteiger partial charge in [0.1, 0.15) is 0 Å². The van der Waals surface area contributed by atoms with Gasteiger partial charge in [0.15, 0.2) is 5.82 Å². The number of hydrogen-bond acceptors (Lipinski definition) is 5. The zero-order chi connectivity index (χ0) is 12.4. The summed E-state index contributed by atoms with van der Waals surface area (Å²) in [7, 11) is 0. The lowest BCUT2D eigenvalue weighted by Crippen LogP contribution is -2.44. The van der Waals surface area contributed by atoms with Gasteiger partial charge < -0.3 is 10.2 Å². The minimum atomic E-state index is 0.818. The minimum Gasteiger partial charge on any atom is -0.337 e. The summed E-state index contributed by atoms with van der Waals surface area (Å²) in [5, 5.41) is 10.7. The summed E-state index contributed by atoms with van der Waals surface area (Å²) in [5.74, 6) is 1.70. The lowest BCUT2D eigenvalue weighted by molar-refractivity contribution is 0.580. The highest BCUT2D eigenvalue weighted by Gasteiger charge is 2.16. The summed E-state index contributed by atoms with van der Waals surface area (Å²) in [6.07, 6.45) is 1.07. The van der Waals surface area contributed by atoms with Crippen LogP contribution in [0.3, 0.4) is 0 Å². The molecule has 0 radical (unpaired) electrons. The Balaban J connectivity index is 1.79. The maximum absolute atomic E-state index is 4.59. The molecule has 0 atom stereocenters. The van der Waals surface area contributed by atoms with Gasteiger partial charge in [-0.15, -0.1) is 16.4 Å². The van der Waals surface area contributed by atoms with Gasteiger partial charge in [0.05, 0.1) is 4.88 Å². The molecule has 1 aliphatic rings. The Hall–Kier alpha value is -1.40. The van der Waals surface area contributed by atoms with Crippen LogP contribution in [0, 0.1) is 0 Å². The SMILES string of the molecule is CCc1ccc(-c2nc(N3CCNCC3)n[nH]2)s1. The molecule has 3 rings (SSSR count). The van der Waals surface area contributed by atoms with Gasteiger partial charge in [-0.1, -0.05) is 6.92 Å². The molecule has 1 aliphatic heterocycles. The first-order valence-corrected chi connectivity index (χ1v) is 7.15. The van der Waals surface area contributed by atoms with Gasteiger partial charge in [0.25, 0.3) is 0 Å². The Morgan fingerprint density at radius 3 is 2.89 bits per heavy atom. The standard InChI is InChI=1S/C12H17N5S/c1-2-9-3-4-10(18-9)11-14-12(16-15-11)17-7-5-13-6-8-17/h3-4,13H,2,5-8H2,1H3,(H,14,15,16). The van der Waals surface area contributed by atoms with Gasteiger partial charge >= 0.3 is 0 Å². The smallest absolute Gasteiger partial charge is 0.245 e. The number of rotatable bonds is 3. The van der Waals surface area contributed by atoms with Crippen molar-refractivity contribution >= 4 is 17.3 Å². The van der Waals surface area contributed by atoms with Gasteiger partial charge in [-0.2, -0.15) is 4.98 Å². The number of piperazine rings is 1. The Morgan fingerprint density at radius 2 is 2.17 bits per heavy atom. The van der Waals surface area contributed by atoms with Crippen molar-refractivity contribution in [2.75, 3.05) is 31.1 Å². The molecule has 0 aromatic carbocycles. The third kappa shape index (κ3) is 2.26. The number of H-pyrrole nitrogens is 1. The first kappa shape index (κ1) is 11.7. The Labute approximate surface area is 110 Å². The monoisotopic (exact) mass is 263 g/mol. The molecule has 0 unspecified atom stereocenters. The van der Waals surface area contributed by atoms with E-state index in [1.54, 1.807) is 11.3 Å². The van der Waals surface area contributed by atoms with E-state index in [0.717, 1.165) is 44.4 Å². The maximum atomic E-state index is 4.59. The van der Waals surface area contributed by atoms with Crippen LogP contribution in [0.4, 0.5) is 5.95 Å². The molecular formula is C12H17N5S. The van der Waals surface area contributed by atoms with Gasteiger partial charge in [-0.25, -0.2) is 0 Å². The van der Waals surface area contributed by atoms with E-state index in [9.17, 15) is 0 Å². The molecule has 0 bridgehead atoms. The van der Waals surface area contributed by atoms with Crippen LogP contribution >= 0.6 is 11.3 Å². The lowest BCUT2D eigenvalue weighted by atomic mass is 10.3. The van der Waals surface area contributed by atoms with E-state index in [-0.39, 0.29) is 0 Å². The van der Waals surface area contributed by atoms with Crippen molar-refractivity contribution in [1.82, 2.24) is 20.5 Å². The van der Waals surface area contributed by atoms with Gasteiger partial charge in [-0.05, 0) is 18.6 Å². The zero-order valence-corrected chi connectivity index (χ0v) is 11.3. The minimum absolute atomic E-state index is 0.818. The number of nitrogens with zero attached hydrogens (tertiary/aromatic N) is 3. The molecule has 0 amide bonds. The van der Waals surface area contributed by atoms with Crippen molar-refractivity contribution in [3.63, 3.8) is 0 Å². The van der Waals surface area contributed by atoms with Crippen molar-refractivity contribution in [2.45, 2.75) is 13.3 Å². The van der Waals surface area contributed by atoms with E-state index in [2.05, 4.69) is 44.5 Å². The third-order valence-corrected chi connectivity index (χ3v) is 4.35. The number of hydrogen-bond donors (Lipinski definition) is 2. The Bertz CT molecular complexity index is 512. The summed E-state index contributed by atoms with van der Waals surface area (Å²) in [5.41, 5.74) is 0. The predicted molar refractivity (Wildman–Crippen MR) is 74.2 cm³/mol. The summed E-state index contributed by atoms with van der Waals surface area (Å²) in [6, 6.07) is 4.28. The number of aromatic nitrogens is 3.